The number of hydrogen-bond donors (Lipinski definition) is 6. The highest BCUT2D eigenvalue weighted by molar-refractivity contribution is 5.88. The number of aromatic amines is 2. The topological polar surface area (TPSA) is 139 Å². The second-order valence-electron chi connectivity index (χ2n) is 12.4. The number of nitrogens with one attached hydrogen (secondary N) is 4. The maximum absolute atomic E-state index is 13.3. The normalized spacial score (nSPS) is 30.0. The molecule has 0 spiro atoms. The molecule has 230 valence electrons. The minimum Gasteiger partial charge on any atom is -0.481 e. The Bertz CT molecular complexity index is 1840. The molecule has 6 atom stereocenters. The minimum absolute atomic E-state index is 0.0189. The number of terminal acetylenes is 1. The molecule has 0 saturated carbocycles. The zero-order valence-electron chi connectivity index (χ0n) is 26.0. The molecule has 1 saturated heterocycles. The van der Waals surface area contributed by atoms with E-state index in [0.717, 1.165) is 56.9 Å². The first-order chi connectivity index (χ1) is 21.0. The van der Waals surface area contributed by atoms with Gasteiger partial charge >= 0.3 is 11.9 Å². The van der Waals surface area contributed by atoms with Gasteiger partial charge in [-0.1, -0.05) is 19.8 Å². The summed E-state index contributed by atoms with van der Waals surface area (Å²) in [6, 6.07) is -0.416. The van der Waals surface area contributed by atoms with E-state index in [2.05, 4.69) is 65.5 Å². The molecule has 6 N–H and O–H groups in total. The molecule has 44 heavy (non-hydrogen) atoms. The molecule has 8 bridgehead atoms. The molecule has 1 fully saturated rings. The molecule has 9 heteroatoms. The number of ether oxygens (including phenoxy) is 1. The van der Waals surface area contributed by atoms with Crippen molar-refractivity contribution in [2.75, 3.05) is 7.11 Å². The lowest BCUT2D eigenvalue weighted by Gasteiger charge is -2.27. The number of carboxylic acid groups (broad SMARTS) is 1. The second kappa shape index (κ2) is 10.9. The number of methoxy groups -OCH3 is 1. The second-order valence-corrected chi connectivity index (χ2v) is 12.4. The van der Waals surface area contributed by atoms with Crippen LogP contribution in [-0.2, 0) is 20.7 Å². The largest absolute Gasteiger partial charge is 0.481 e. The Morgan fingerprint density at radius 2 is 1.82 bits per heavy atom. The van der Waals surface area contributed by atoms with Crippen molar-refractivity contribution in [2.45, 2.75) is 66.0 Å². The van der Waals surface area contributed by atoms with Gasteiger partial charge in [-0.25, -0.2) is 0 Å². The van der Waals surface area contributed by atoms with E-state index in [-0.39, 0.29) is 24.2 Å². The summed E-state index contributed by atoms with van der Waals surface area (Å²) in [5.74, 6) is 0.154. The molecule has 2 aromatic heterocycles. The lowest BCUT2D eigenvalue weighted by Crippen LogP contribution is -2.37. The van der Waals surface area contributed by atoms with Crippen LogP contribution in [-0.4, -0.2) is 45.3 Å². The van der Waals surface area contributed by atoms with Crippen LogP contribution in [0.3, 0.4) is 0 Å². The summed E-state index contributed by atoms with van der Waals surface area (Å²) in [6.45, 7) is 10.3. The quantitative estimate of drug-likeness (QED) is 0.231. The third-order valence-electron chi connectivity index (χ3n) is 10.2. The van der Waals surface area contributed by atoms with Crippen molar-refractivity contribution < 1.29 is 24.5 Å². The van der Waals surface area contributed by atoms with Gasteiger partial charge in [0, 0.05) is 57.1 Å². The van der Waals surface area contributed by atoms with Crippen molar-refractivity contribution in [1.29, 1.82) is 0 Å². The molecule has 9 nitrogen and oxygen atoms in total. The van der Waals surface area contributed by atoms with Gasteiger partial charge in [-0.2, -0.15) is 0 Å². The van der Waals surface area contributed by atoms with Crippen LogP contribution < -0.4 is 21.3 Å². The first kappa shape index (κ1) is 29.6. The summed E-state index contributed by atoms with van der Waals surface area (Å²) in [7, 11) is 1.33. The first-order valence-corrected chi connectivity index (χ1v) is 15.3. The highest BCUT2D eigenvalue weighted by Crippen LogP contribution is 2.45. The Hall–Kier alpha value is -4.42. The van der Waals surface area contributed by atoms with Gasteiger partial charge in [-0.15, -0.1) is 6.42 Å². The minimum atomic E-state index is -1.11. The zero-order valence-corrected chi connectivity index (χ0v) is 26.0. The maximum atomic E-state index is 13.3. The number of fused-ring (bicyclic) bond motifs is 8. The summed E-state index contributed by atoms with van der Waals surface area (Å²) in [6.07, 6.45) is 12.4. The van der Waals surface area contributed by atoms with Crippen LogP contribution in [0.2, 0.25) is 0 Å². The van der Waals surface area contributed by atoms with Crippen molar-refractivity contribution in [3.63, 3.8) is 0 Å². The predicted molar refractivity (Wildman–Crippen MR) is 168 cm³/mol. The number of aliphatic carboxylic acids is 1. The molecule has 2 aromatic rings. The smallest absolute Gasteiger partial charge is 0.315 e. The van der Waals surface area contributed by atoms with Crippen molar-refractivity contribution in [3.8, 4) is 12.3 Å². The van der Waals surface area contributed by atoms with Gasteiger partial charge in [-0.3, -0.25) is 9.59 Å². The lowest BCUT2D eigenvalue weighted by atomic mass is 9.80. The molecule has 4 aliphatic rings. The molecule has 1 unspecified atom stereocenters. The third-order valence-corrected chi connectivity index (χ3v) is 10.2. The molecular formula is C35H40N4O5. The highest BCUT2D eigenvalue weighted by Gasteiger charge is 2.49. The highest BCUT2D eigenvalue weighted by atomic mass is 16.5. The fourth-order valence-electron chi connectivity index (χ4n) is 7.78. The van der Waals surface area contributed by atoms with Gasteiger partial charge in [0.15, 0.2) is 0 Å². The van der Waals surface area contributed by atoms with Crippen molar-refractivity contribution in [2.24, 2.45) is 23.7 Å². The standard InChI is InChI=1S/C35H40N4O5/c1-8-19-15(3)22-12-24-17(5)21(10-11-28(40)41)32(38-24)30-31(35(43)44-7)34(42)29-18(6)25(39-33(29)30)14-27-20(9-2)16(4)23(37-27)13-26(19)36-22/h1,12-14,17,19,21,31-32,34,36-39,42H,9-11H2,2-7H3,(H,40,41)/b24-12-,25-14-,26-13-/t17-,19+,21-,31+,32?,34+/m0/s1. The van der Waals surface area contributed by atoms with E-state index in [1.54, 1.807) is 0 Å². The van der Waals surface area contributed by atoms with E-state index in [4.69, 9.17) is 11.2 Å². The molecule has 0 amide bonds. The SMILES string of the molecule is C#C[C@@H]1C(C)=C2/C=C3\NC(C4=c5[nH]/c(c(C)c5[C@@H](O)[C@@H]4C(=O)OC)=C\c4[nH]c(c(C)c4CC)/C=C/1N2)[C@@H](CCC(=O)O)[C@@H]3C. The van der Waals surface area contributed by atoms with Crippen LogP contribution in [0.15, 0.2) is 28.7 Å². The molecule has 0 radical (unpaired) electrons. The van der Waals surface area contributed by atoms with E-state index in [1.807, 2.05) is 13.8 Å². The Morgan fingerprint density at radius 3 is 2.48 bits per heavy atom. The fourth-order valence-corrected chi connectivity index (χ4v) is 7.78. The predicted octanol–water partition coefficient (Wildman–Crippen LogP) is 2.79. The van der Waals surface area contributed by atoms with Crippen LogP contribution in [0, 0.1) is 49.9 Å². The Morgan fingerprint density at radius 1 is 1.07 bits per heavy atom. The summed E-state index contributed by atoms with van der Waals surface area (Å²) >= 11 is 0. The van der Waals surface area contributed by atoms with Crippen LogP contribution in [0.25, 0.3) is 17.7 Å². The van der Waals surface area contributed by atoms with Gasteiger partial charge in [0.25, 0.3) is 0 Å². The number of carbonyl (C=O) groups excluding carboxylic acids is 1. The van der Waals surface area contributed by atoms with Crippen LogP contribution in [0.4, 0.5) is 0 Å². The van der Waals surface area contributed by atoms with E-state index < -0.39 is 30.0 Å². The van der Waals surface area contributed by atoms with E-state index in [1.165, 1.54) is 12.7 Å². The number of hydrogen-bond acceptors (Lipinski definition) is 6. The lowest BCUT2D eigenvalue weighted by molar-refractivity contribution is -0.146. The number of allylic oxidation sites excluding steroid dienone is 3. The van der Waals surface area contributed by atoms with Crippen molar-refractivity contribution in [1.82, 2.24) is 20.6 Å². The number of carbonyl (C=O) groups is 2. The average Bonchev–Trinajstić information content (AvgIpc) is 3.72. The maximum Gasteiger partial charge on any atom is 0.315 e. The van der Waals surface area contributed by atoms with Crippen LogP contribution in [0.5, 0.6) is 0 Å². The van der Waals surface area contributed by atoms with Crippen LogP contribution in [0.1, 0.15) is 73.4 Å². The molecule has 6 rings (SSSR count). The van der Waals surface area contributed by atoms with E-state index >= 15 is 0 Å². The van der Waals surface area contributed by atoms with Crippen LogP contribution >= 0.6 is 0 Å². The summed E-state index contributed by atoms with van der Waals surface area (Å²) in [4.78, 5) is 32.2. The van der Waals surface area contributed by atoms with Gasteiger partial charge < -0.3 is 35.6 Å². The summed E-state index contributed by atoms with van der Waals surface area (Å²) in [5, 5.41) is 30.1. The van der Waals surface area contributed by atoms with Gasteiger partial charge in [-0.05, 0) is 85.6 Å². The molecular weight excluding hydrogens is 556 g/mol. The Kier molecular flexibility index (Phi) is 7.37. The molecule has 1 aliphatic carbocycles. The fraction of sp³-hybridized carbons (Fsp3) is 0.429. The van der Waals surface area contributed by atoms with Crippen molar-refractivity contribution >= 4 is 29.7 Å². The first-order valence-electron chi connectivity index (χ1n) is 15.3. The zero-order chi connectivity index (χ0) is 31.6. The van der Waals surface area contributed by atoms with Gasteiger partial charge in [0.05, 0.1) is 25.2 Å². The van der Waals surface area contributed by atoms with E-state index in [9.17, 15) is 19.8 Å². The Labute approximate surface area is 256 Å². The van der Waals surface area contributed by atoms with Gasteiger partial charge in [0.2, 0.25) is 0 Å². The number of aliphatic hydroxyl groups is 1. The summed E-state index contributed by atoms with van der Waals surface area (Å²) in [5.41, 5.74) is 10.2. The number of aromatic nitrogens is 2. The average molecular weight is 597 g/mol. The van der Waals surface area contributed by atoms with Crippen molar-refractivity contribution in [3.05, 3.63) is 73.1 Å². The molecule has 0 aromatic carbocycles. The molecule has 5 heterocycles. The number of carboxylic acids is 1. The number of aliphatic hydroxyl groups excluding tert-OH is 1. The summed E-state index contributed by atoms with van der Waals surface area (Å²) < 4.78 is 5.22. The van der Waals surface area contributed by atoms with E-state index in [0.29, 0.717) is 22.9 Å². The van der Waals surface area contributed by atoms with Gasteiger partial charge in [0.1, 0.15) is 5.92 Å². The number of H-pyrrole nitrogens is 2. The third kappa shape index (κ3) is 4.43. The monoisotopic (exact) mass is 596 g/mol. The molecule has 3 aliphatic heterocycles. The number of rotatable bonds is 5. The Balaban J connectivity index is 1.68. The number of esters is 1.